The van der Waals surface area contributed by atoms with Crippen LogP contribution >= 0.6 is 0 Å². The minimum atomic E-state index is -0.431. The van der Waals surface area contributed by atoms with Gasteiger partial charge < -0.3 is 14.5 Å². The Kier molecular flexibility index (Phi) is 4.81. The van der Waals surface area contributed by atoms with Gasteiger partial charge in [0.1, 0.15) is 0 Å². The number of benzene rings is 1. The standard InChI is InChI=1S/C14H21N3O3/c1-3-8-17(10-5-9-16(2)19)12-7-4-6-11-13(12)20-14(18)15-11/h4,6-7,19H,3,5,8-10H2,1-2H3,(H,15,18). The Balaban J connectivity index is 2.24. The summed E-state index contributed by atoms with van der Waals surface area (Å²) in [5.74, 6) is -0.431. The molecule has 6 nitrogen and oxygen atoms in total. The number of hydrogen-bond acceptors (Lipinski definition) is 5. The van der Waals surface area contributed by atoms with E-state index in [-0.39, 0.29) is 0 Å². The van der Waals surface area contributed by atoms with Crippen molar-refractivity contribution in [3.63, 3.8) is 0 Å². The van der Waals surface area contributed by atoms with Gasteiger partial charge in [-0.2, -0.15) is 5.06 Å². The van der Waals surface area contributed by atoms with Gasteiger partial charge in [-0.15, -0.1) is 0 Å². The lowest BCUT2D eigenvalue weighted by Gasteiger charge is -2.24. The average molecular weight is 279 g/mol. The lowest BCUT2D eigenvalue weighted by Crippen LogP contribution is -2.28. The molecule has 0 saturated carbocycles. The number of H-pyrrole nitrogens is 1. The number of nitrogens with one attached hydrogen (secondary N) is 1. The van der Waals surface area contributed by atoms with Gasteiger partial charge in [-0.05, 0) is 25.0 Å². The van der Waals surface area contributed by atoms with Crippen LogP contribution in [0, 0.1) is 0 Å². The normalized spacial score (nSPS) is 11.4. The van der Waals surface area contributed by atoms with E-state index >= 15 is 0 Å². The van der Waals surface area contributed by atoms with Crippen molar-refractivity contribution in [2.24, 2.45) is 0 Å². The third-order valence-corrected chi connectivity index (χ3v) is 3.17. The number of aromatic nitrogens is 1. The topological polar surface area (TPSA) is 72.7 Å². The second kappa shape index (κ2) is 6.58. The van der Waals surface area contributed by atoms with Crippen molar-refractivity contribution in [3.05, 3.63) is 28.7 Å². The molecule has 0 spiro atoms. The summed E-state index contributed by atoms with van der Waals surface area (Å²) in [4.78, 5) is 16.2. The van der Waals surface area contributed by atoms with Crippen LogP contribution in [0.1, 0.15) is 19.8 Å². The van der Waals surface area contributed by atoms with Crippen molar-refractivity contribution < 1.29 is 9.62 Å². The molecule has 1 heterocycles. The summed E-state index contributed by atoms with van der Waals surface area (Å²) in [6, 6.07) is 5.69. The van der Waals surface area contributed by atoms with Crippen LogP contribution in [-0.4, -0.2) is 41.9 Å². The Morgan fingerprint density at radius 1 is 1.30 bits per heavy atom. The third-order valence-electron chi connectivity index (χ3n) is 3.17. The summed E-state index contributed by atoms with van der Waals surface area (Å²) in [6.07, 6.45) is 1.83. The maximum atomic E-state index is 11.3. The molecule has 0 aliphatic rings. The van der Waals surface area contributed by atoms with Crippen LogP contribution in [-0.2, 0) is 0 Å². The van der Waals surface area contributed by atoms with Crippen molar-refractivity contribution in [3.8, 4) is 0 Å². The Morgan fingerprint density at radius 2 is 2.10 bits per heavy atom. The van der Waals surface area contributed by atoms with E-state index in [9.17, 15) is 10.0 Å². The number of hydrogen-bond donors (Lipinski definition) is 2. The molecule has 0 saturated heterocycles. The Morgan fingerprint density at radius 3 is 2.80 bits per heavy atom. The first-order chi connectivity index (χ1) is 9.61. The maximum absolute atomic E-state index is 11.3. The predicted molar refractivity (Wildman–Crippen MR) is 78.4 cm³/mol. The zero-order valence-electron chi connectivity index (χ0n) is 11.9. The van der Waals surface area contributed by atoms with Gasteiger partial charge in [0.15, 0.2) is 5.58 Å². The Labute approximate surface area is 117 Å². The molecule has 2 aromatic rings. The fourth-order valence-corrected chi connectivity index (χ4v) is 2.32. The van der Waals surface area contributed by atoms with E-state index in [0.717, 1.165) is 31.6 Å². The van der Waals surface area contributed by atoms with Gasteiger partial charge in [0.05, 0.1) is 11.2 Å². The summed E-state index contributed by atoms with van der Waals surface area (Å²) in [7, 11) is 1.63. The number of aromatic amines is 1. The molecule has 20 heavy (non-hydrogen) atoms. The Bertz CT molecular complexity index is 603. The van der Waals surface area contributed by atoms with E-state index < -0.39 is 5.76 Å². The zero-order chi connectivity index (χ0) is 14.5. The molecule has 0 aliphatic heterocycles. The fraction of sp³-hybridized carbons (Fsp3) is 0.500. The van der Waals surface area contributed by atoms with Gasteiger partial charge in [0.25, 0.3) is 0 Å². The van der Waals surface area contributed by atoms with Crippen LogP contribution < -0.4 is 10.7 Å². The SMILES string of the molecule is CCCN(CCCN(C)O)c1cccc2[nH]c(=O)oc12. The molecule has 0 atom stereocenters. The molecule has 0 fully saturated rings. The van der Waals surface area contributed by atoms with E-state index in [1.165, 1.54) is 5.06 Å². The largest absolute Gasteiger partial charge is 0.417 e. The van der Waals surface area contributed by atoms with Crippen molar-refractivity contribution >= 4 is 16.8 Å². The van der Waals surface area contributed by atoms with Gasteiger partial charge in [-0.3, -0.25) is 4.98 Å². The average Bonchev–Trinajstić information content (AvgIpc) is 2.77. The number of oxazole rings is 1. The van der Waals surface area contributed by atoms with Crippen molar-refractivity contribution in [1.82, 2.24) is 10.0 Å². The van der Waals surface area contributed by atoms with Gasteiger partial charge in [0, 0.05) is 26.7 Å². The molecule has 1 aromatic heterocycles. The second-order valence-corrected chi connectivity index (χ2v) is 4.89. The van der Waals surface area contributed by atoms with Crippen LogP contribution in [0.5, 0.6) is 0 Å². The molecule has 0 amide bonds. The van der Waals surface area contributed by atoms with Crippen LogP contribution in [0.15, 0.2) is 27.4 Å². The van der Waals surface area contributed by atoms with E-state index in [4.69, 9.17) is 4.42 Å². The molecule has 2 N–H and O–H groups in total. The minimum absolute atomic E-state index is 0.431. The Hall–Kier alpha value is -1.79. The van der Waals surface area contributed by atoms with Crippen molar-refractivity contribution in [2.75, 3.05) is 31.6 Å². The van der Waals surface area contributed by atoms with E-state index in [2.05, 4.69) is 16.8 Å². The smallest absolute Gasteiger partial charge is 0.406 e. The lowest BCUT2D eigenvalue weighted by atomic mass is 10.2. The zero-order valence-corrected chi connectivity index (χ0v) is 11.9. The molecular formula is C14H21N3O3. The summed E-state index contributed by atoms with van der Waals surface area (Å²) >= 11 is 0. The highest BCUT2D eigenvalue weighted by atomic mass is 16.5. The third kappa shape index (κ3) is 3.40. The number of rotatable bonds is 7. The van der Waals surface area contributed by atoms with Crippen LogP contribution in [0.3, 0.4) is 0 Å². The first-order valence-electron chi connectivity index (χ1n) is 6.88. The molecule has 0 aliphatic carbocycles. The summed E-state index contributed by atoms with van der Waals surface area (Å²) in [5, 5.41) is 10.4. The summed E-state index contributed by atoms with van der Waals surface area (Å²) < 4.78 is 5.24. The monoisotopic (exact) mass is 279 g/mol. The highest BCUT2D eigenvalue weighted by molar-refractivity contribution is 5.86. The van der Waals surface area contributed by atoms with Gasteiger partial charge >= 0.3 is 5.76 Å². The van der Waals surface area contributed by atoms with E-state index in [0.29, 0.717) is 17.6 Å². The maximum Gasteiger partial charge on any atom is 0.417 e. The number of para-hydroxylation sites is 1. The molecule has 0 unspecified atom stereocenters. The van der Waals surface area contributed by atoms with Crippen LogP contribution in [0.4, 0.5) is 5.69 Å². The molecular weight excluding hydrogens is 258 g/mol. The highest BCUT2D eigenvalue weighted by Gasteiger charge is 2.13. The van der Waals surface area contributed by atoms with Crippen LogP contribution in [0.25, 0.3) is 11.1 Å². The molecule has 6 heteroatoms. The summed E-state index contributed by atoms with van der Waals surface area (Å²) in [5.41, 5.74) is 2.24. The van der Waals surface area contributed by atoms with E-state index in [1.54, 1.807) is 7.05 Å². The molecule has 110 valence electrons. The first kappa shape index (κ1) is 14.6. The second-order valence-electron chi connectivity index (χ2n) is 4.89. The number of fused-ring (bicyclic) bond motifs is 1. The van der Waals surface area contributed by atoms with Crippen LogP contribution in [0.2, 0.25) is 0 Å². The minimum Gasteiger partial charge on any atom is -0.406 e. The van der Waals surface area contributed by atoms with Gasteiger partial charge in [-0.25, -0.2) is 4.79 Å². The van der Waals surface area contributed by atoms with Crippen molar-refractivity contribution in [2.45, 2.75) is 19.8 Å². The molecule has 1 aromatic carbocycles. The first-order valence-corrected chi connectivity index (χ1v) is 6.88. The number of anilines is 1. The number of hydroxylamine groups is 2. The highest BCUT2D eigenvalue weighted by Crippen LogP contribution is 2.25. The lowest BCUT2D eigenvalue weighted by molar-refractivity contribution is -0.0647. The summed E-state index contributed by atoms with van der Waals surface area (Å²) in [6.45, 7) is 4.39. The van der Waals surface area contributed by atoms with Crippen molar-refractivity contribution in [1.29, 1.82) is 0 Å². The van der Waals surface area contributed by atoms with Gasteiger partial charge in [0.2, 0.25) is 0 Å². The fourth-order valence-electron chi connectivity index (χ4n) is 2.32. The quantitative estimate of drug-likeness (QED) is 0.759. The molecule has 0 bridgehead atoms. The molecule has 2 rings (SSSR count). The van der Waals surface area contributed by atoms with E-state index in [1.807, 2.05) is 18.2 Å². The predicted octanol–water partition coefficient (Wildman–Crippen LogP) is 2.05. The van der Waals surface area contributed by atoms with Gasteiger partial charge in [-0.1, -0.05) is 13.0 Å². The molecule has 0 radical (unpaired) electrons. The number of nitrogens with zero attached hydrogens (tertiary/aromatic N) is 2.